The number of likely N-dealkylation sites (tertiary alicyclic amines) is 1. The molecule has 0 saturated carbocycles. The lowest BCUT2D eigenvalue weighted by Crippen LogP contribution is -2.40. The number of hydrogen-bond donors (Lipinski definition) is 2. The number of rotatable bonds is 6. The lowest BCUT2D eigenvalue weighted by atomic mass is 10.2. The van der Waals surface area contributed by atoms with Crippen LogP contribution in [0.15, 0.2) is 29.2 Å². The minimum atomic E-state index is -2.48. The minimum absolute atomic E-state index is 0.00447. The Labute approximate surface area is 130 Å². The standard InChI is InChI=1S/C14H16F2N2O3S/c15-14(16)22-10-5-3-9(4-6-10)17-12(19)8-18-7-1-2-11(18)13(20)21/h3-6,11,14H,1-2,7-8H2,(H,17,19)(H,20,21)/t11-/m1/s1. The third kappa shape index (κ3) is 4.67. The average molecular weight is 330 g/mol. The quantitative estimate of drug-likeness (QED) is 0.784. The first-order chi connectivity index (χ1) is 10.5. The number of hydrogen-bond acceptors (Lipinski definition) is 4. The molecule has 2 N–H and O–H groups in total. The van der Waals surface area contributed by atoms with Crippen LogP contribution < -0.4 is 5.32 Å². The van der Waals surface area contributed by atoms with Gasteiger partial charge in [-0.15, -0.1) is 0 Å². The van der Waals surface area contributed by atoms with Crippen molar-refractivity contribution in [2.24, 2.45) is 0 Å². The van der Waals surface area contributed by atoms with Gasteiger partial charge in [-0.1, -0.05) is 11.8 Å². The van der Waals surface area contributed by atoms with Gasteiger partial charge in [0.15, 0.2) is 0 Å². The first kappa shape index (κ1) is 16.7. The summed E-state index contributed by atoms with van der Waals surface area (Å²) in [5.74, 6) is -3.72. The predicted molar refractivity (Wildman–Crippen MR) is 79.2 cm³/mol. The molecule has 0 aliphatic carbocycles. The van der Waals surface area contributed by atoms with Crippen molar-refractivity contribution in [2.75, 3.05) is 18.4 Å². The van der Waals surface area contributed by atoms with Gasteiger partial charge in [0.05, 0.1) is 6.54 Å². The topological polar surface area (TPSA) is 69.6 Å². The molecule has 1 atom stereocenters. The second-order valence-electron chi connectivity index (χ2n) is 4.92. The molecular weight excluding hydrogens is 314 g/mol. The van der Waals surface area contributed by atoms with Gasteiger partial charge >= 0.3 is 5.97 Å². The number of nitrogens with zero attached hydrogens (tertiary/aromatic N) is 1. The molecule has 0 aromatic heterocycles. The normalized spacial score (nSPS) is 18.6. The van der Waals surface area contributed by atoms with Crippen LogP contribution in [0.3, 0.4) is 0 Å². The Bertz CT molecular complexity index is 539. The number of benzene rings is 1. The number of carbonyl (C=O) groups excluding carboxylic acids is 1. The van der Waals surface area contributed by atoms with Crippen LogP contribution in [0.4, 0.5) is 14.5 Å². The number of carbonyl (C=O) groups is 2. The molecule has 1 amide bonds. The number of amides is 1. The molecule has 1 heterocycles. The zero-order chi connectivity index (χ0) is 16.1. The Morgan fingerprint density at radius 2 is 2.05 bits per heavy atom. The fourth-order valence-corrected chi connectivity index (χ4v) is 2.90. The molecule has 1 aromatic carbocycles. The lowest BCUT2D eigenvalue weighted by Gasteiger charge is -2.20. The van der Waals surface area contributed by atoms with Crippen molar-refractivity contribution in [1.82, 2.24) is 4.90 Å². The third-order valence-electron chi connectivity index (χ3n) is 3.36. The molecular formula is C14H16F2N2O3S. The van der Waals surface area contributed by atoms with E-state index in [4.69, 9.17) is 5.11 Å². The fraction of sp³-hybridized carbons (Fsp3) is 0.429. The van der Waals surface area contributed by atoms with Crippen molar-refractivity contribution < 1.29 is 23.5 Å². The molecule has 0 unspecified atom stereocenters. The summed E-state index contributed by atoms with van der Waals surface area (Å²) in [6.45, 7) is 0.582. The van der Waals surface area contributed by atoms with Gasteiger partial charge in [0.1, 0.15) is 6.04 Å². The predicted octanol–water partition coefficient (Wildman–Crippen LogP) is 2.49. The van der Waals surface area contributed by atoms with Crippen LogP contribution in [-0.4, -0.2) is 46.8 Å². The summed E-state index contributed by atoms with van der Waals surface area (Å²) in [6, 6.07) is 5.48. The number of carboxylic acid groups (broad SMARTS) is 1. The molecule has 1 aromatic rings. The zero-order valence-electron chi connectivity index (χ0n) is 11.7. The van der Waals surface area contributed by atoms with Crippen LogP contribution in [-0.2, 0) is 9.59 Å². The highest BCUT2D eigenvalue weighted by atomic mass is 32.2. The van der Waals surface area contributed by atoms with Crippen LogP contribution in [0.5, 0.6) is 0 Å². The maximum Gasteiger partial charge on any atom is 0.320 e. The van der Waals surface area contributed by atoms with E-state index >= 15 is 0 Å². The van der Waals surface area contributed by atoms with Gasteiger partial charge in [0.25, 0.3) is 5.76 Å². The monoisotopic (exact) mass is 330 g/mol. The largest absolute Gasteiger partial charge is 0.480 e. The van der Waals surface area contributed by atoms with Gasteiger partial charge in [0.2, 0.25) is 5.91 Å². The van der Waals surface area contributed by atoms with Crippen molar-refractivity contribution in [2.45, 2.75) is 29.5 Å². The van der Waals surface area contributed by atoms with E-state index < -0.39 is 17.8 Å². The highest BCUT2D eigenvalue weighted by molar-refractivity contribution is 7.99. The second-order valence-corrected chi connectivity index (χ2v) is 5.98. The molecule has 5 nitrogen and oxygen atoms in total. The van der Waals surface area contributed by atoms with E-state index in [0.29, 0.717) is 35.3 Å². The molecule has 120 valence electrons. The molecule has 1 fully saturated rings. The van der Waals surface area contributed by atoms with E-state index in [1.54, 1.807) is 17.0 Å². The van der Waals surface area contributed by atoms with Gasteiger partial charge in [-0.05, 0) is 43.7 Å². The van der Waals surface area contributed by atoms with Gasteiger partial charge in [-0.25, -0.2) is 0 Å². The molecule has 0 bridgehead atoms. The van der Waals surface area contributed by atoms with Gasteiger partial charge in [-0.2, -0.15) is 8.78 Å². The first-order valence-electron chi connectivity index (χ1n) is 6.77. The number of anilines is 1. The molecule has 8 heteroatoms. The third-order valence-corrected chi connectivity index (χ3v) is 4.08. The molecule has 1 saturated heterocycles. The highest BCUT2D eigenvalue weighted by Crippen LogP contribution is 2.26. The van der Waals surface area contributed by atoms with Gasteiger partial charge in [0, 0.05) is 10.6 Å². The van der Waals surface area contributed by atoms with Gasteiger partial charge < -0.3 is 10.4 Å². The number of aliphatic carboxylic acids is 1. The molecule has 0 radical (unpaired) electrons. The van der Waals surface area contributed by atoms with Crippen LogP contribution in [0.1, 0.15) is 12.8 Å². The molecule has 2 rings (SSSR count). The summed E-state index contributed by atoms with van der Waals surface area (Å²) >= 11 is 0.436. The number of nitrogens with one attached hydrogen (secondary N) is 1. The van der Waals surface area contributed by atoms with Crippen molar-refractivity contribution in [3.05, 3.63) is 24.3 Å². The van der Waals surface area contributed by atoms with Crippen LogP contribution in [0.25, 0.3) is 0 Å². The van der Waals surface area contributed by atoms with Crippen molar-refractivity contribution >= 4 is 29.3 Å². The molecule has 1 aliphatic heterocycles. The second kappa shape index (κ2) is 7.55. The average Bonchev–Trinajstić information content (AvgIpc) is 2.88. The smallest absolute Gasteiger partial charge is 0.320 e. The number of carboxylic acids is 1. The van der Waals surface area contributed by atoms with E-state index in [1.165, 1.54) is 12.1 Å². The Morgan fingerprint density at radius 1 is 1.36 bits per heavy atom. The van der Waals surface area contributed by atoms with E-state index in [2.05, 4.69) is 5.32 Å². The zero-order valence-corrected chi connectivity index (χ0v) is 12.5. The minimum Gasteiger partial charge on any atom is -0.480 e. The molecule has 0 spiro atoms. The molecule has 22 heavy (non-hydrogen) atoms. The van der Waals surface area contributed by atoms with Crippen molar-refractivity contribution in [3.8, 4) is 0 Å². The van der Waals surface area contributed by atoms with Crippen LogP contribution in [0.2, 0.25) is 0 Å². The van der Waals surface area contributed by atoms with Crippen LogP contribution in [0, 0.1) is 0 Å². The number of halogens is 2. The van der Waals surface area contributed by atoms with Crippen LogP contribution >= 0.6 is 11.8 Å². The van der Waals surface area contributed by atoms with E-state index in [-0.39, 0.29) is 12.5 Å². The number of thioether (sulfide) groups is 1. The van der Waals surface area contributed by atoms with Crippen molar-refractivity contribution in [3.63, 3.8) is 0 Å². The summed E-state index contributed by atoms with van der Waals surface area (Å²) in [4.78, 5) is 25.0. The SMILES string of the molecule is O=C(CN1CCC[C@@H]1C(=O)O)Nc1ccc(SC(F)F)cc1. The summed E-state index contributed by atoms with van der Waals surface area (Å²) in [7, 11) is 0. The number of alkyl halides is 2. The highest BCUT2D eigenvalue weighted by Gasteiger charge is 2.31. The molecule has 1 aliphatic rings. The van der Waals surface area contributed by atoms with E-state index in [9.17, 15) is 18.4 Å². The fourth-order valence-electron chi connectivity index (χ4n) is 2.40. The Balaban J connectivity index is 1.88. The summed E-state index contributed by atoms with van der Waals surface area (Å²) < 4.78 is 24.4. The Hall–Kier alpha value is -1.67. The Morgan fingerprint density at radius 3 is 2.64 bits per heavy atom. The Kier molecular flexibility index (Phi) is 5.73. The van der Waals surface area contributed by atoms with E-state index in [0.717, 1.165) is 6.42 Å². The van der Waals surface area contributed by atoms with Gasteiger partial charge in [-0.3, -0.25) is 14.5 Å². The lowest BCUT2D eigenvalue weighted by molar-refractivity contribution is -0.142. The van der Waals surface area contributed by atoms with E-state index in [1.807, 2.05) is 0 Å². The maximum atomic E-state index is 12.2. The summed E-state index contributed by atoms with van der Waals surface area (Å²) in [6.07, 6.45) is 1.30. The first-order valence-corrected chi connectivity index (χ1v) is 7.65. The maximum absolute atomic E-state index is 12.2. The summed E-state index contributed by atoms with van der Waals surface area (Å²) in [5.41, 5.74) is 0.495. The van der Waals surface area contributed by atoms with Crippen molar-refractivity contribution in [1.29, 1.82) is 0 Å². The summed E-state index contributed by atoms with van der Waals surface area (Å²) in [5, 5.41) is 11.7.